The van der Waals surface area contributed by atoms with Crippen molar-refractivity contribution in [2.45, 2.75) is 25.8 Å². The summed E-state index contributed by atoms with van der Waals surface area (Å²) in [6.45, 7) is 3.56. The summed E-state index contributed by atoms with van der Waals surface area (Å²) < 4.78 is 5.38. The van der Waals surface area contributed by atoms with Crippen LogP contribution in [0.25, 0.3) is 0 Å². The van der Waals surface area contributed by atoms with Gasteiger partial charge in [-0.05, 0) is 44.0 Å². The van der Waals surface area contributed by atoms with Crippen LogP contribution < -0.4 is 10.1 Å². The van der Waals surface area contributed by atoms with Gasteiger partial charge in [0.25, 0.3) is 5.24 Å². The zero-order valence-electron chi connectivity index (χ0n) is 14.1. The molecule has 8 heteroatoms. The number of carbonyl (C=O) groups is 3. The Hall–Kier alpha value is -2.22. The number of thioether (sulfide) groups is 1. The number of amides is 4. The highest BCUT2D eigenvalue weighted by Gasteiger charge is 2.37. The van der Waals surface area contributed by atoms with Crippen molar-refractivity contribution in [2.24, 2.45) is 0 Å². The molecule has 0 radical (unpaired) electrons. The Bertz CT molecular complexity index is 640. The molecule has 3 rings (SSSR count). The summed E-state index contributed by atoms with van der Waals surface area (Å²) >= 11 is 1.05. The molecule has 0 unspecified atom stereocenters. The van der Waals surface area contributed by atoms with Crippen molar-refractivity contribution in [3.63, 3.8) is 0 Å². The van der Waals surface area contributed by atoms with Gasteiger partial charge < -0.3 is 15.0 Å². The SMILES string of the molecule is CCOc1ccc(NC(=O)N2CCC(N3C(=O)CSC3=O)CC2)cc1. The monoisotopic (exact) mass is 363 g/mol. The molecule has 7 nitrogen and oxygen atoms in total. The molecular formula is C17H21N3O4S. The number of hydrogen-bond donors (Lipinski definition) is 1. The molecule has 1 aromatic carbocycles. The Morgan fingerprint density at radius 1 is 1.24 bits per heavy atom. The molecule has 1 N–H and O–H groups in total. The number of benzene rings is 1. The first-order valence-electron chi connectivity index (χ1n) is 8.36. The predicted octanol–water partition coefficient (Wildman–Crippen LogP) is 2.78. The summed E-state index contributed by atoms with van der Waals surface area (Å²) in [4.78, 5) is 39.0. The topological polar surface area (TPSA) is 79.0 Å². The molecule has 0 spiro atoms. The minimum absolute atomic E-state index is 0.0930. The smallest absolute Gasteiger partial charge is 0.321 e. The fourth-order valence-electron chi connectivity index (χ4n) is 3.05. The van der Waals surface area contributed by atoms with Gasteiger partial charge in [0.05, 0.1) is 12.4 Å². The van der Waals surface area contributed by atoms with Crippen LogP contribution in [0, 0.1) is 0 Å². The Kier molecular flexibility index (Phi) is 5.47. The number of ether oxygens (including phenoxy) is 1. The van der Waals surface area contributed by atoms with E-state index in [0.717, 1.165) is 17.5 Å². The molecule has 134 valence electrons. The van der Waals surface area contributed by atoms with Crippen LogP contribution in [0.5, 0.6) is 5.75 Å². The number of piperidine rings is 1. The molecule has 0 atom stereocenters. The number of nitrogens with zero attached hydrogens (tertiary/aromatic N) is 2. The van der Waals surface area contributed by atoms with Gasteiger partial charge >= 0.3 is 6.03 Å². The lowest BCUT2D eigenvalue weighted by atomic mass is 10.0. The summed E-state index contributed by atoms with van der Waals surface area (Å²) in [5.74, 6) is 0.878. The fraction of sp³-hybridized carbons (Fsp3) is 0.471. The van der Waals surface area contributed by atoms with E-state index in [1.807, 2.05) is 19.1 Å². The van der Waals surface area contributed by atoms with Gasteiger partial charge in [-0.2, -0.15) is 0 Å². The number of imide groups is 1. The van der Waals surface area contributed by atoms with E-state index >= 15 is 0 Å². The van der Waals surface area contributed by atoms with Crippen molar-refractivity contribution in [3.05, 3.63) is 24.3 Å². The fourth-order valence-corrected chi connectivity index (χ4v) is 3.82. The normalized spacial score (nSPS) is 18.6. The van der Waals surface area contributed by atoms with Crippen molar-refractivity contribution in [1.82, 2.24) is 9.80 Å². The molecule has 0 bridgehead atoms. The molecule has 4 amide bonds. The summed E-state index contributed by atoms with van der Waals surface area (Å²) in [5, 5.41) is 2.70. The molecule has 0 saturated carbocycles. The van der Waals surface area contributed by atoms with Crippen LogP contribution in [0.3, 0.4) is 0 Å². The van der Waals surface area contributed by atoms with Crippen molar-refractivity contribution in [3.8, 4) is 5.75 Å². The van der Waals surface area contributed by atoms with Crippen LogP contribution in [0.15, 0.2) is 24.3 Å². The van der Waals surface area contributed by atoms with Crippen molar-refractivity contribution >= 4 is 34.6 Å². The minimum atomic E-state index is -0.170. The second-order valence-electron chi connectivity index (χ2n) is 5.92. The highest BCUT2D eigenvalue weighted by atomic mass is 32.2. The lowest BCUT2D eigenvalue weighted by molar-refractivity contribution is -0.126. The maximum absolute atomic E-state index is 12.4. The van der Waals surface area contributed by atoms with E-state index in [0.29, 0.717) is 38.2 Å². The quantitative estimate of drug-likeness (QED) is 0.890. The van der Waals surface area contributed by atoms with Crippen LogP contribution in [0.4, 0.5) is 15.3 Å². The number of rotatable bonds is 4. The van der Waals surface area contributed by atoms with Gasteiger partial charge in [0.1, 0.15) is 5.75 Å². The predicted molar refractivity (Wildman–Crippen MR) is 95.9 cm³/mol. The third-order valence-electron chi connectivity index (χ3n) is 4.32. The average Bonchev–Trinajstić information content (AvgIpc) is 2.95. The standard InChI is InChI=1S/C17H21N3O4S/c1-2-24-14-5-3-12(4-6-14)18-16(22)19-9-7-13(8-10-19)20-15(21)11-25-17(20)23/h3-6,13H,2,7-11H2,1H3,(H,18,22). The molecule has 0 aliphatic carbocycles. The van der Waals surface area contributed by atoms with Crippen LogP contribution in [-0.2, 0) is 4.79 Å². The van der Waals surface area contributed by atoms with E-state index in [1.54, 1.807) is 17.0 Å². The second-order valence-corrected chi connectivity index (χ2v) is 6.85. The molecule has 1 aromatic rings. The maximum Gasteiger partial charge on any atom is 0.321 e. The molecule has 2 aliphatic heterocycles. The Labute approximate surface area is 150 Å². The summed E-state index contributed by atoms with van der Waals surface area (Å²) in [7, 11) is 0. The highest BCUT2D eigenvalue weighted by Crippen LogP contribution is 2.27. The summed E-state index contributed by atoms with van der Waals surface area (Å²) in [6, 6.07) is 6.96. The molecule has 25 heavy (non-hydrogen) atoms. The number of hydrogen-bond acceptors (Lipinski definition) is 5. The van der Waals surface area contributed by atoms with Crippen molar-refractivity contribution < 1.29 is 19.1 Å². The van der Waals surface area contributed by atoms with Crippen LogP contribution in [-0.4, -0.2) is 58.5 Å². The first-order valence-corrected chi connectivity index (χ1v) is 9.34. The van der Waals surface area contributed by atoms with E-state index < -0.39 is 0 Å². The van der Waals surface area contributed by atoms with E-state index in [4.69, 9.17) is 4.74 Å². The average molecular weight is 363 g/mol. The molecular weight excluding hydrogens is 342 g/mol. The van der Waals surface area contributed by atoms with Crippen molar-refractivity contribution in [2.75, 3.05) is 30.8 Å². The van der Waals surface area contributed by atoms with E-state index in [-0.39, 0.29) is 29.0 Å². The summed E-state index contributed by atoms with van der Waals surface area (Å²) in [6.07, 6.45) is 1.24. The minimum Gasteiger partial charge on any atom is -0.494 e. The lowest BCUT2D eigenvalue weighted by Crippen LogP contribution is -2.49. The van der Waals surface area contributed by atoms with Gasteiger partial charge in [-0.15, -0.1) is 0 Å². The molecule has 0 aromatic heterocycles. The van der Waals surface area contributed by atoms with Gasteiger partial charge in [0.15, 0.2) is 0 Å². The number of urea groups is 1. The third kappa shape index (κ3) is 4.07. The van der Waals surface area contributed by atoms with Gasteiger partial charge in [0, 0.05) is 24.8 Å². The Morgan fingerprint density at radius 3 is 2.48 bits per heavy atom. The Morgan fingerprint density at radius 2 is 1.92 bits per heavy atom. The van der Waals surface area contributed by atoms with Crippen LogP contribution in [0.1, 0.15) is 19.8 Å². The molecule has 2 aliphatic rings. The zero-order chi connectivity index (χ0) is 17.8. The zero-order valence-corrected chi connectivity index (χ0v) is 14.9. The third-order valence-corrected chi connectivity index (χ3v) is 5.15. The maximum atomic E-state index is 12.4. The van der Waals surface area contributed by atoms with E-state index in [2.05, 4.69) is 5.32 Å². The first kappa shape index (κ1) is 17.6. The first-order chi connectivity index (χ1) is 12.1. The summed E-state index contributed by atoms with van der Waals surface area (Å²) in [5.41, 5.74) is 0.705. The van der Waals surface area contributed by atoms with E-state index in [1.165, 1.54) is 4.90 Å². The number of anilines is 1. The van der Waals surface area contributed by atoms with Crippen LogP contribution >= 0.6 is 11.8 Å². The van der Waals surface area contributed by atoms with E-state index in [9.17, 15) is 14.4 Å². The number of carbonyl (C=O) groups excluding carboxylic acids is 3. The molecule has 2 heterocycles. The number of nitrogens with one attached hydrogen (secondary N) is 1. The highest BCUT2D eigenvalue weighted by molar-refractivity contribution is 8.14. The van der Waals surface area contributed by atoms with Crippen LogP contribution in [0.2, 0.25) is 0 Å². The molecule has 2 saturated heterocycles. The second kappa shape index (κ2) is 7.77. The van der Waals surface area contributed by atoms with Gasteiger partial charge in [-0.3, -0.25) is 14.5 Å². The molecule has 2 fully saturated rings. The number of likely N-dealkylation sites (tertiary alicyclic amines) is 1. The lowest BCUT2D eigenvalue weighted by Gasteiger charge is -2.35. The van der Waals surface area contributed by atoms with Crippen molar-refractivity contribution in [1.29, 1.82) is 0 Å². The van der Waals surface area contributed by atoms with Gasteiger partial charge in [-0.1, -0.05) is 11.8 Å². The van der Waals surface area contributed by atoms with Gasteiger partial charge in [0.2, 0.25) is 5.91 Å². The van der Waals surface area contributed by atoms with Gasteiger partial charge in [-0.25, -0.2) is 4.79 Å². The Balaban J connectivity index is 1.51. The largest absolute Gasteiger partial charge is 0.494 e.